The molecule has 0 saturated carbocycles. The summed E-state index contributed by atoms with van der Waals surface area (Å²) in [6.45, 7) is 5.15. The zero-order valence-electron chi connectivity index (χ0n) is 15.3. The SMILES string of the molecule is Cc1ccc(C(=O)Nc2ccc(S(=O)(=O)NC(C(=O)O)C(C)C)cc2)cc1. The summed E-state index contributed by atoms with van der Waals surface area (Å²) in [4.78, 5) is 23.3. The van der Waals surface area contributed by atoms with Crippen molar-refractivity contribution in [2.75, 3.05) is 5.32 Å². The van der Waals surface area contributed by atoms with E-state index in [9.17, 15) is 18.0 Å². The number of benzene rings is 2. The fraction of sp³-hybridized carbons (Fsp3) is 0.263. The number of aryl methyl sites for hydroxylation is 1. The number of rotatable bonds is 7. The van der Waals surface area contributed by atoms with Crippen LogP contribution in [0, 0.1) is 12.8 Å². The average Bonchev–Trinajstić information content (AvgIpc) is 2.60. The van der Waals surface area contributed by atoms with Crippen LogP contribution in [0.4, 0.5) is 5.69 Å². The minimum atomic E-state index is -4.00. The number of hydrogen-bond acceptors (Lipinski definition) is 4. The Balaban J connectivity index is 2.12. The molecule has 2 aromatic rings. The Morgan fingerprint density at radius 3 is 2.00 bits per heavy atom. The van der Waals surface area contributed by atoms with Crippen LogP contribution in [0.15, 0.2) is 53.4 Å². The number of carbonyl (C=O) groups is 2. The number of hydrogen-bond donors (Lipinski definition) is 3. The van der Waals surface area contributed by atoms with Crippen molar-refractivity contribution in [3.63, 3.8) is 0 Å². The van der Waals surface area contributed by atoms with E-state index in [4.69, 9.17) is 5.11 Å². The van der Waals surface area contributed by atoms with Gasteiger partial charge in [0, 0.05) is 11.3 Å². The second-order valence-electron chi connectivity index (χ2n) is 6.53. The quantitative estimate of drug-likeness (QED) is 0.673. The molecule has 144 valence electrons. The van der Waals surface area contributed by atoms with Gasteiger partial charge in [0.05, 0.1) is 4.90 Å². The predicted molar refractivity (Wildman–Crippen MR) is 102 cm³/mol. The fourth-order valence-electron chi connectivity index (χ4n) is 2.33. The summed E-state index contributed by atoms with van der Waals surface area (Å²) >= 11 is 0. The molecule has 1 unspecified atom stereocenters. The van der Waals surface area contributed by atoms with Crippen LogP contribution in [0.2, 0.25) is 0 Å². The highest BCUT2D eigenvalue weighted by molar-refractivity contribution is 7.89. The third-order valence-corrected chi connectivity index (χ3v) is 5.41. The predicted octanol–water partition coefficient (Wildman–Crippen LogP) is 2.63. The maximum absolute atomic E-state index is 12.4. The van der Waals surface area contributed by atoms with Gasteiger partial charge in [0.2, 0.25) is 10.0 Å². The Morgan fingerprint density at radius 2 is 1.52 bits per heavy atom. The molecule has 7 nitrogen and oxygen atoms in total. The first-order chi connectivity index (χ1) is 12.6. The lowest BCUT2D eigenvalue weighted by atomic mass is 10.1. The van der Waals surface area contributed by atoms with E-state index in [0.29, 0.717) is 11.3 Å². The number of nitrogens with one attached hydrogen (secondary N) is 2. The topological polar surface area (TPSA) is 113 Å². The van der Waals surface area contributed by atoms with Crippen LogP contribution in [-0.4, -0.2) is 31.4 Å². The third kappa shape index (κ3) is 5.38. The van der Waals surface area contributed by atoms with Crippen molar-refractivity contribution in [3.05, 3.63) is 59.7 Å². The van der Waals surface area contributed by atoms with E-state index >= 15 is 0 Å². The van der Waals surface area contributed by atoms with Crippen LogP contribution < -0.4 is 10.0 Å². The monoisotopic (exact) mass is 390 g/mol. The Kier molecular flexibility index (Phi) is 6.35. The number of carboxylic acids is 1. The Labute approximate surface area is 158 Å². The van der Waals surface area contributed by atoms with Crippen molar-refractivity contribution in [1.29, 1.82) is 0 Å². The number of carboxylic acid groups (broad SMARTS) is 1. The highest BCUT2D eigenvalue weighted by atomic mass is 32.2. The molecule has 1 atom stereocenters. The lowest BCUT2D eigenvalue weighted by molar-refractivity contribution is -0.140. The molecular formula is C19H22N2O5S. The first-order valence-electron chi connectivity index (χ1n) is 8.33. The van der Waals surface area contributed by atoms with E-state index in [-0.39, 0.29) is 10.8 Å². The van der Waals surface area contributed by atoms with Gasteiger partial charge in [0.1, 0.15) is 6.04 Å². The summed E-state index contributed by atoms with van der Waals surface area (Å²) in [5, 5.41) is 11.8. The van der Waals surface area contributed by atoms with Crippen LogP contribution in [0.1, 0.15) is 29.8 Å². The summed E-state index contributed by atoms with van der Waals surface area (Å²) in [5.74, 6) is -1.96. The molecule has 0 fully saturated rings. The highest BCUT2D eigenvalue weighted by Gasteiger charge is 2.27. The van der Waals surface area contributed by atoms with E-state index in [1.165, 1.54) is 24.3 Å². The van der Waals surface area contributed by atoms with Gasteiger partial charge in [-0.15, -0.1) is 0 Å². The standard InChI is InChI=1S/C19H22N2O5S/c1-12(2)17(19(23)24)21-27(25,26)16-10-8-15(9-11-16)20-18(22)14-6-4-13(3)5-7-14/h4-12,17,21H,1-3H3,(H,20,22)(H,23,24). The lowest BCUT2D eigenvalue weighted by Crippen LogP contribution is -2.44. The van der Waals surface area contributed by atoms with Crippen LogP contribution in [0.5, 0.6) is 0 Å². The van der Waals surface area contributed by atoms with E-state index in [2.05, 4.69) is 10.0 Å². The lowest BCUT2D eigenvalue weighted by Gasteiger charge is -2.18. The minimum absolute atomic E-state index is 0.0808. The second-order valence-corrected chi connectivity index (χ2v) is 8.24. The van der Waals surface area contributed by atoms with E-state index in [1.807, 2.05) is 19.1 Å². The van der Waals surface area contributed by atoms with E-state index < -0.39 is 28.0 Å². The molecule has 0 spiro atoms. The molecule has 8 heteroatoms. The molecule has 0 saturated heterocycles. The zero-order chi connectivity index (χ0) is 20.2. The minimum Gasteiger partial charge on any atom is -0.480 e. The van der Waals surface area contributed by atoms with Crippen molar-refractivity contribution < 1.29 is 23.1 Å². The van der Waals surface area contributed by atoms with Crippen LogP contribution in [0.3, 0.4) is 0 Å². The molecule has 0 aliphatic heterocycles. The molecule has 0 aliphatic rings. The van der Waals surface area contributed by atoms with Gasteiger partial charge in [-0.2, -0.15) is 4.72 Å². The van der Waals surface area contributed by atoms with Crippen LogP contribution in [-0.2, 0) is 14.8 Å². The molecule has 0 aromatic heterocycles. The normalized spacial score (nSPS) is 12.6. The van der Waals surface area contributed by atoms with E-state index in [0.717, 1.165) is 5.56 Å². The van der Waals surface area contributed by atoms with Gasteiger partial charge in [-0.25, -0.2) is 8.42 Å². The number of anilines is 1. The van der Waals surface area contributed by atoms with Gasteiger partial charge in [-0.3, -0.25) is 9.59 Å². The number of amides is 1. The van der Waals surface area contributed by atoms with Gasteiger partial charge in [-0.05, 0) is 49.2 Å². The average molecular weight is 390 g/mol. The smallest absolute Gasteiger partial charge is 0.322 e. The van der Waals surface area contributed by atoms with E-state index in [1.54, 1.807) is 26.0 Å². The summed E-state index contributed by atoms with van der Waals surface area (Å²) < 4.78 is 26.9. The number of carbonyl (C=O) groups excluding carboxylic acids is 1. The Hall–Kier alpha value is -2.71. The first kappa shape index (κ1) is 20.6. The Bertz CT molecular complexity index is 920. The summed E-state index contributed by atoms with van der Waals surface area (Å²) in [6, 6.07) is 11.3. The molecular weight excluding hydrogens is 368 g/mol. The first-order valence-corrected chi connectivity index (χ1v) is 9.81. The van der Waals surface area contributed by atoms with Crippen molar-refractivity contribution in [2.24, 2.45) is 5.92 Å². The molecule has 0 aliphatic carbocycles. The molecule has 3 N–H and O–H groups in total. The van der Waals surface area contributed by atoms with Crippen molar-refractivity contribution in [2.45, 2.75) is 31.7 Å². The van der Waals surface area contributed by atoms with Gasteiger partial charge >= 0.3 is 5.97 Å². The molecule has 0 bridgehead atoms. The maximum Gasteiger partial charge on any atom is 0.322 e. The fourth-order valence-corrected chi connectivity index (χ4v) is 3.67. The third-order valence-electron chi connectivity index (χ3n) is 3.95. The summed E-state index contributed by atoms with van der Waals surface area (Å²) in [5.41, 5.74) is 1.95. The van der Waals surface area contributed by atoms with Crippen molar-refractivity contribution in [3.8, 4) is 0 Å². The van der Waals surface area contributed by atoms with Gasteiger partial charge < -0.3 is 10.4 Å². The van der Waals surface area contributed by atoms with Gasteiger partial charge in [0.25, 0.3) is 5.91 Å². The molecule has 0 heterocycles. The second kappa shape index (κ2) is 8.32. The highest BCUT2D eigenvalue weighted by Crippen LogP contribution is 2.17. The number of sulfonamides is 1. The molecule has 0 radical (unpaired) electrons. The van der Waals surface area contributed by atoms with Gasteiger partial charge in [0.15, 0.2) is 0 Å². The van der Waals surface area contributed by atoms with Crippen LogP contribution in [0.25, 0.3) is 0 Å². The Morgan fingerprint density at radius 1 is 0.963 bits per heavy atom. The molecule has 2 rings (SSSR count). The molecule has 27 heavy (non-hydrogen) atoms. The summed E-state index contributed by atoms with van der Waals surface area (Å²) in [6.07, 6.45) is 0. The van der Waals surface area contributed by atoms with Crippen LogP contribution >= 0.6 is 0 Å². The number of aliphatic carboxylic acids is 1. The van der Waals surface area contributed by atoms with Crippen molar-refractivity contribution >= 4 is 27.6 Å². The van der Waals surface area contributed by atoms with Gasteiger partial charge in [-0.1, -0.05) is 31.5 Å². The maximum atomic E-state index is 12.4. The molecule has 1 amide bonds. The zero-order valence-corrected chi connectivity index (χ0v) is 16.1. The molecule has 2 aromatic carbocycles. The largest absolute Gasteiger partial charge is 0.480 e. The summed E-state index contributed by atoms with van der Waals surface area (Å²) in [7, 11) is -4.00. The van der Waals surface area contributed by atoms with Crippen molar-refractivity contribution in [1.82, 2.24) is 4.72 Å².